The first-order valence-electron chi connectivity index (χ1n) is 14.7. The Morgan fingerprint density at radius 2 is 1.82 bits per heavy atom. The molecule has 1 aliphatic carbocycles. The number of carbonyl (C=O) groups is 2. The van der Waals surface area contributed by atoms with Gasteiger partial charge in [-0.1, -0.05) is 31.4 Å². The van der Waals surface area contributed by atoms with E-state index in [0.29, 0.717) is 38.5 Å². The first kappa shape index (κ1) is 29.0. The molecule has 2 saturated heterocycles. The molecule has 2 heterocycles. The van der Waals surface area contributed by atoms with Crippen LogP contribution in [0.5, 0.6) is 0 Å². The minimum atomic E-state index is -0.699. The van der Waals surface area contributed by atoms with E-state index in [-0.39, 0.29) is 29.1 Å². The standard InChI is InChI=1S/C30H47FN4O3/c1-29(2,38)12-13-30(23-6-4-3-5-7-23)14-18-35(19-15-30)28(37)25(20-22-8-10-24(31)11-9-22)34-27(36)26-21-32-16-17-33-26/h8-11,23,25-26,32-33,38H,3-7,12-21H2,1-2H3,(H,34,36)/t25-,26-/m1/s1. The average Bonchev–Trinajstić information content (AvgIpc) is 2.93. The van der Waals surface area contributed by atoms with Gasteiger partial charge in [-0.3, -0.25) is 9.59 Å². The van der Waals surface area contributed by atoms with E-state index in [1.54, 1.807) is 12.1 Å². The van der Waals surface area contributed by atoms with E-state index >= 15 is 0 Å². The van der Waals surface area contributed by atoms with Gasteiger partial charge < -0.3 is 26.0 Å². The molecular formula is C30H47FN4O3. The zero-order chi connectivity index (χ0) is 27.2. The highest BCUT2D eigenvalue weighted by molar-refractivity contribution is 5.90. The molecule has 1 aromatic carbocycles. The molecule has 2 aliphatic heterocycles. The van der Waals surface area contributed by atoms with Crippen LogP contribution < -0.4 is 16.0 Å². The molecule has 2 atom stereocenters. The van der Waals surface area contributed by atoms with Crippen molar-refractivity contribution in [2.45, 2.75) is 95.7 Å². The van der Waals surface area contributed by atoms with Crippen LogP contribution in [0.4, 0.5) is 4.39 Å². The van der Waals surface area contributed by atoms with Crippen LogP contribution in [0.3, 0.4) is 0 Å². The molecule has 4 rings (SSSR count). The van der Waals surface area contributed by atoms with E-state index in [2.05, 4.69) is 16.0 Å². The summed E-state index contributed by atoms with van der Waals surface area (Å²) in [6.45, 7) is 7.15. The van der Waals surface area contributed by atoms with Crippen molar-refractivity contribution in [3.8, 4) is 0 Å². The first-order valence-corrected chi connectivity index (χ1v) is 14.7. The van der Waals surface area contributed by atoms with Crippen molar-refractivity contribution in [2.75, 3.05) is 32.7 Å². The van der Waals surface area contributed by atoms with Gasteiger partial charge in [0.2, 0.25) is 11.8 Å². The predicted molar refractivity (Wildman–Crippen MR) is 147 cm³/mol. The van der Waals surface area contributed by atoms with Gasteiger partial charge in [0.05, 0.1) is 11.6 Å². The number of aliphatic hydroxyl groups is 1. The highest BCUT2D eigenvalue weighted by Crippen LogP contribution is 2.49. The summed E-state index contributed by atoms with van der Waals surface area (Å²) < 4.78 is 13.5. The second kappa shape index (κ2) is 12.9. The van der Waals surface area contributed by atoms with Crippen molar-refractivity contribution in [1.29, 1.82) is 0 Å². The number of hydrogen-bond donors (Lipinski definition) is 4. The molecule has 2 amide bonds. The normalized spacial score (nSPS) is 23.6. The van der Waals surface area contributed by atoms with E-state index in [1.807, 2.05) is 18.7 Å². The van der Waals surface area contributed by atoms with E-state index in [1.165, 1.54) is 44.2 Å². The fraction of sp³-hybridized carbons (Fsp3) is 0.733. The van der Waals surface area contributed by atoms with Crippen molar-refractivity contribution in [1.82, 2.24) is 20.9 Å². The van der Waals surface area contributed by atoms with E-state index < -0.39 is 11.6 Å². The highest BCUT2D eigenvalue weighted by Gasteiger charge is 2.43. The number of benzene rings is 1. The summed E-state index contributed by atoms with van der Waals surface area (Å²) in [5, 5.41) is 19.9. The van der Waals surface area contributed by atoms with Gasteiger partial charge in [0.25, 0.3) is 0 Å². The predicted octanol–water partition coefficient (Wildman–Crippen LogP) is 3.15. The summed E-state index contributed by atoms with van der Waals surface area (Å²) in [6, 6.07) is 5.08. The monoisotopic (exact) mass is 530 g/mol. The Morgan fingerprint density at radius 1 is 1.13 bits per heavy atom. The minimum absolute atomic E-state index is 0.0637. The smallest absolute Gasteiger partial charge is 0.245 e. The molecular weight excluding hydrogens is 483 g/mol. The third-order valence-corrected chi connectivity index (χ3v) is 9.10. The van der Waals surface area contributed by atoms with Crippen molar-refractivity contribution in [3.05, 3.63) is 35.6 Å². The lowest BCUT2D eigenvalue weighted by molar-refractivity contribution is -0.140. The minimum Gasteiger partial charge on any atom is -0.390 e. The van der Waals surface area contributed by atoms with E-state index in [9.17, 15) is 19.1 Å². The third kappa shape index (κ3) is 7.76. The number of hydrogen-bond acceptors (Lipinski definition) is 5. The highest BCUT2D eigenvalue weighted by atomic mass is 19.1. The van der Waals surface area contributed by atoms with Crippen LogP contribution in [0.1, 0.15) is 77.2 Å². The Balaban J connectivity index is 1.46. The molecule has 38 heavy (non-hydrogen) atoms. The molecule has 0 unspecified atom stereocenters. The number of rotatable bonds is 9. The Hall–Kier alpha value is -2.03. The van der Waals surface area contributed by atoms with Crippen molar-refractivity contribution < 1.29 is 19.1 Å². The molecule has 212 valence electrons. The number of piperazine rings is 1. The second-order valence-electron chi connectivity index (χ2n) is 12.4. The largest absolute Gasteiger partial charge is 0.390 e. The van der Waals surface area contributed by atoms with Gasteiger partial charge in [-0.25, -0.2) is 4.39 Å². The lowest BCUT2D eigenvalue weighted by atomic mass is 9.61. The maximum atomic E-state index is 13.9. The molecule has 0 bridgehead atoms. The van der Waals surface area contributed by atoms with Gasteiger partial charge >= 0.3 is 0 Å². The van der Waals surface area contributed by atoms with E-state index in [4.69, 9.17) is 0 Å². The maximum Gasteiger partial charge on any atom is 0.245 e. The molecule has 3 fully saturated rings. The van der Waals surface area contributed by atoms with Gasteiger partial charge in [-0.15, -0.1) is 0 Å². The zero-order valence-corrected chi connectivity index (χ0v) is 23.2. The molecule has 0 aromatic heterocycles. The Kier molecular flexibility index (Phi) is 9.82. The summed E-state index contributed by atoms with van der Waals surface area (Å²) in [5.41, 5.74) is 0.282. The van der Waals surface area contributed by atoms with Crippen LogP contribution in [-0.2, 0) is 16.0 Å². The fourth-order valence-corrected chi connectivity index (χ4v) is 6.69. The molecule has 8 heteroatoms. The third-order valence-electron chi connectivity index (χ3n) is 9.10. The summed E-state index contributed by atoms with van der Waals surface area (Å²) >= 11 is 0. The van der Waals surface area contributed by atoms with Gasteiger partial charge in [0.1, 0.15) is 11.9 Å². The lowest BCUT2D eigenvalue weighted by Gasteiger charge is -2.49. The topological polar surface area (TPSA) is 93.7 Å². The summed E-state index contributed by atoms with van der Waals surface area (Å²) in [5.74, 6) is 0.0808. The molecule has 1 aromatic rings. The van der Waals surface area contributed by atoms with Gasteiger partial charge in [-0.05, 0) is 81.4 Å². The second-order valence-corrected chi connectivity index (χ2v) is 12.4. The summed E-state index contributed by atoms with van der Waals surface area (Å²) in [4.78, 5) is 28.8. The van der Waals surface area contributed by atoms with E-state index in [0.717, 1.165) is 37.8 Å². The number of nitrogens with one attached hydrogen (secondary N) is 3. The van der Waals surface area contributed by atoms with Gasteiger partial charge in [0, 0.05) is 39.1 Å². The molecule has 1 saturated carbocycles. The zero-order valence-electron chi connectivity index (χ0n) is 23.2. The van der Waals surface area contributed by atoms with Crippen LogP contribution in [0.15, 0.2) is 24.3 Å². The number of carbonyl (C=O) groups excluding carboxylic acids is 2. The molecule has 7 nitrogen and oxygen atoms in total. The first-order chi connectivity index (χ1) is 18.2. The average molecular weight is 531 g/mol. The maximum absolute atomic E-state index is 13.9. The lowest BCUT2D eigenvalue weighted by Crippen LogP contribution is -2.60. The van der Waals surface area contributed by atoms with Crippen molar-refractivity contribution in [2.24, 2.45) is 11.3 Å². The van der Waals surface area contributed by atoms with Crippen LogP contribution in [0, 0.1) is 17.2 Å². The van der Waals surface area contributed by atoms with Crippen LogP contribution in [0.2, 0.25) is 0 Å². The van der Waals surface area contributed by atoms with Crippen LogP contribution in [0.25, 0.3) is 0 Å². The Morgan fingerprint density at radius 3 is 2.42 bits per heavy atom. The Bertz CT molecular complexity index is 912. The number of amides is 2. The summed E-state index contributed by atoms with van der Waals surface area (Å²) in [6.07, 6.45) is 10.3. The quantitative estimate of drug-likeness (QED) is 0.394. The number of likely N-dealkylation sites (tertiary alicyclic amines) is 1. The molecule has 0 radical (unpaired) electrons. The SMILES string of the molecule is CC(C)(O)CCC1(C2CCCCC2)CCN(C(=O)[C@@H](Cc2ccc(F)cc2)NC(=O)[C@H]2CNCCN2)CC1. The molecule has 4 N–H and O–H groups in total. The number of piperidine rings is 1. The number of halogens is 1. The number of nitrogens with zero attached hydrogens (tertiary/aromatic N) is 1. The van der Waals surface area contributed by atoms with Crippen molar-refractivity contribution in [3.63, 3.8) is 0 Å². The van der Waals surface area contributed by atoms with Crippen molar-refractivity contribution >= 4 is 11.8 Å². The van der Waals surface area contributed by atoms with Crippen LogP contribution in [-0.4, -0.2) is 72.2 Å². The molecule has 0 spiro atoms. The Labute approximate surface area is 227 Å². The summed E-state index contributed by atoms with van der Waals surface area (Å²) in [7, 11) is 0. The molecule has 3 aliphatic rings. The van der Waals surface area contributed by atoms with Crippen LogP contribution >= 0.6 is 0 Å². The van der Waals surface area contributed by atoms with Gasteiger partial charge in [0.15, 0.2) is 0 Å². The fourth-order valence-electron chi connectivity index (χ4n) is 6.69. The van der Waals surface area contributed by atoms with Gasteiger partial charge in [-0.2, -0.15) is 0 Å².